The average molecular weight is 234 g/mol. The van der Waals surface area contributed by atoms with Crippen LogP contribution >= 0.6 is 0 Å². The third kappa shape index (κ3) is 4.19. The van der Waals surface area contributed by atoms with Crippen LogP contribution in [-0.4, -0.2) is 30.4 Å². The molecule has 0 fully saturated rings. The van der Waals surface area contributed by atoms with Crippen molar-refractivity contribution in [3.05, 3.63) is 35.4 Å². The molecule has 1 aromatic rings. The fraction of sp³-hybridized carbons (Fsp3) is 0.500. The molecule has 2 N–H and O–H groups in total. The molecule has 1 amide bonds. The van der Waals surface area contributed by atoms with E-state index in [1.54, 1.807) is 0 Å². The Hall–Kier alpha value is -1.35. The third-order valence-electron chi connectivity index (χ3n) is 2.85. The highest BCUT2D eigenvalue weighted by molar-refractivity contribution is 5.94. The van der Waals surface area contributed by atoms with Crippen LogP contribution in [0.25, 0.3) is 0 Å². The molecule has 94 valence electrons. The summed E-state index contributed by atoms with van der Waals surface area (Å²) in [5.74, 6) is 0.115. The second kappa shape index (κ2) is 7.07. The van der Waals surface area contributed by atoms with Gasteiger partial charge in [0.05, 0.1) is 0 Å². The number of carbonyl (C=O) groups excluding carboxylic acids is 1. The smallest absolute Gasteiger partial charge is 0.253 e. The van der Waals surface area contributed by atoms with Gasteiger partial charge in [0.25, 0.3) is 5.91 Å². The Kier molecular flexibility index (Phi) is 5.70. The van der Waals surface area contributed by atoms with E-state index in [4.69, 9.17) is 5.73 Å². The van der Waals surface area contributed by atoms with Gasteiger partial charge in [-0.1, -0.05) is 17.7 Å². The van der Waals surface area contributed by atoms with E-state index < -0.39 is 0 Å². The molecule has 0 aliphatic heterocycles. The van der Waals surface area contributed by atoms with Crippen molar-refractivity contribution < 1.29 is 4.79 Å². The van der Waals surface area contributed by atoms with Crippen LogP contribution in [0, 0.1) is 6.92 Å². The van der Waals surface area contributed by atoms with E-state index >= 15 is 0 Å². The standard InChI is InChI=1S/C14H22N2O/c1-3-16(11-5-4-10-15)14(17)13-8-6-12(2)7-9-13/h6-9H,3-5,10-11,15H2,1-2H3. The van der Waals surface area contributed by atoms with Gasteiger partial charge >= 0.3 is 0 Å². The van der Waals surface area contributed by atoms with Gasteiger partial charge in [0.1, 0.15) is 0 Å². The third-order valence-corrected chi connectivity index (χ3v) is 2.85. The maximum atomic E-state index is 12.2. The molecule has 0 saturated heterocycles. The zero-order valence-electron chi connectivity index (χ0n) is 10.8. The summed E-state index contributed by atoms with van der Waals surface area (Å²) in [6.45, 7) is 6.26. The fourth-order valence-corrected chi connectivity index (χ4v) is 1.73. The number of aryl methyl sites for hydroxylation is 1. The highest BCUT2D eigenvalue weighted by atomic mass is 16.2. The second-order valence-electron chi connectivity index (χ2n) is 4.25. The van der Waals surface area contributed by atoms with Gasteiger partial charge in [-0.3, -0.25) is 4.79 Å². The van der Waals surface area contributed by atoms with Crippen LogP contribution in [0.3, 0.4) is 0 Å². The van der Waals surface area contributed by atoms with Gasteiger partial charge in [-0.2, -0.15) is 0 Å². The van der Waals surface area contributed by atoms with Crippen LogP contribution in [0.15, 0.2) is 24.3 Å². The van der Waals surface area contributed by atoms with Crippen molar-refractivity contribution in [3.8, 4) is 0 Å². The number of unbranched alkanes of at least 4 members (excludes halogenated alkanes) is 1. The molecule has 0 unspecified atom stereocenters. The summed E-state index contributed by atoms with van der Waals surface area (Å²) in [7, 11) is 0. The van der Waals surface area contributed by atoms with Gasteiger partial charge in [0.15, 0.2) is 0 Å². The molecule has 0 heterocycles. The first-order valence-corrected chi connectivity index (χ1v) is 6.25. The number of nitrogens with zero attached hydrogens (tertiary/aromatic N) is 1. The van der Waals surface area contributed by atoms with Gasteiger partial charge in [0, 0.05) is 18.7 Å². The van der Waals surface area contributed by atoms with Crippen LogP contribution in [0.1, 0.15) is 35.7 Å². The molecule has 0 bridgehead atoms. The lowest BCUT2D eigenvalue weighted by molar-refractivity contribution is 0.0762. The maximum Gasteiger partial charge on any atom is 0.253 e. The maximum absolute atomic E-state index is 12.2. The predicted molar refractivity (Wildman–Crippen MR) is 71.0 cm³/mol. The zero-order valence-corrected chi connectivity index (χ0v) is 10.8. The Morgan fingerprint density at radius 3 is 2.41 bits per heavy atom. The Bertz CT molecular complexity index is 346. The van der Waals surface area contributed by atoms with E-state index in [1.807, 2.05) is 43.0 Å². The quantitative estimate of drug-likeness (QED) is 0.767. The van der Waals surface area contributed by atoms with Crippen molar-refractivity contribution in [1.82, 2.24) is 4.90 Å². The Labute approximate surface area is 104 Å². The lowest BCUT2D eigenvalue weighted by Crippen LogP contribution is -2.32. The molecule has 0 aliphatic carbocycles. The van der Waals surface area contributed by atoms with Gasteiger partial charge in [-0.25, -0.2) is 0 Å². The minimum Gasteiger partial charge on any atom is -0.339 e. The van der Waals surface area contributed by atoms with Gasteiger partial charge in [-0.05, 0) is 45.4 Å². The molecule has 0 aromatic heterocycles. The van der Waals surface area contributed by atoms with Crippen LogP contribution in [0.4, 0.5) is 0 Å². The van der Waals surface area contributed by atoms with Crippen LogP contribution < -0.4 is 5.73 Å². The lowest BCUT2D eigenvalue weighted by Gasteiger charge is -2.20. The zero-order chi connectivity index (χ0) is 12.7. The lowest BCUT2D eigenvalue weighted by atomic mass is 10.1. The first kappa shape index (κ1) is 13.7. The average Bonchev–Trinajstić information content (AvgIpc) is 2.35. The number of rotatable bonds is 6. The highest BCUT2D eigenvalue weighted by Crippen LogP contribution is 2.08. The van der Waals surface area contributed by atoms with Crippen molar-refractivity contribution in [2.75, 3.05) is 19.6 Å². The van der Waals surface area contributed by atoms with E-state index in [0.717, 1.165) is 31.5 Å². The van der Waals surface area contributed by atoms with E-state index in [1.165, 1.54) is 5.56 Å². The number of carbonyl (C=O) groups is 1. The number of nitrogens with two attached hydrogens (primary N) is 1. The second-order valence-corrected chi connectivity index (χ2v) is 4.25. The number of amides is 1. The number of hydrogen-bond acceptors (Lipinski definition) is 2. The molecule has 1 rings (SSSR count). The largest absolute Gasteiger partial charge is 0.339 e. The van der Waals surface area contributed by atoms with Gasteiger partial charge < -0.3 is 10.6 Å². The molecule has 0 atom stereocenters. The van der Waals surface area contributed by atoms with Crippen molar-refractivity contribution in [3.63, 3.8) is 0 Å². The highest BCUT2D eigenvalue weighted by Gasteiger charge is 2.12. The van der Waals surface area contributed by atoms with E-state index in [2.05, 4.69) is 0 Å². The van der Waals surface area contributed by atoms with Gasteiger partial charge in [0.2, 0.25) is 0 Å². The number of benzene rings is 1. The first-order valence-electron chi connectivity index (χ1n) is 6.25. The predicted octanol–water partition coefficient (Wildman–Crippen LogP) is 2.20. The SMILES string of the molecule is CCN(CCCCN)C(=O)c1ccc(C)cc1. The summed E-state index contributed by atoms with van der Waals surface area (Å²) < 4.78 is 0. The van der Waals surface area contributed by atoms with Gasteiger partial charge in [-0.15, -0.1) is 0 Å². The van der Waals surface area contributed by atoms with Crippen LogP contribution in [-0.2, 0) is 0 Å². The Morgan fingerprint density at radius 2 is 1.88 bits per heavy atom. The molecule has 0 saturated carbocycles. The fourth-order valence-electron chi connectivity index (χ4n) is 1.73. The topological polar surface area (TPSA) is 46.3 Å². The molecule has 1 aromatic carbocycles. The minimum atomic E-state index is 0.115. The molecular formula is C14H22N2O. The van der Waals surface area contributed by atoms with Crippen LogP contribution in [0.2, 0.25) is 0 Å². The van der Waals surface area contributed by atoms with Crippen molar-refractivity contribution in [2.24, 2.45) is 5.73 Å². The van der Waals surface area contributed by atoms with E-state index in [0.29, 0.717) is 6.54 Å². The Balaban J connectivity index is 2.62. The van der Waals surface area contributed by atoms with E-state index in [-0.39, 0.29) is 5.91 Å². The summed E-state index contributed by atoms with van der Waals surface area (Å²) in [5.41, 5.74) is 7.40. The number of hydrogen-bond donors (Lipinski definition) is 1. The van der Waals surface area contributed by atoms with Crippen LogP contribution in [0.5, 0.6) is 0 Å². The summed E-state index contributed by atoms with van der Waals surface area (Å²) in [6, 6.07) is 7.73. The molecule has 3 heteroatoms. The molecular weight excluding hydrogens is 212 g/mol. The molecule has 0 radical (unpaired) electrons. The molecule has 17 heavy (non-hydrogen) atoms. The molecule has 0 spiro atoms. The van der Waals surface area contributed by atoms with Crippen molar-refractivity contribution >= 4 is 5.91 Å². The molecule has 0 aliphatic rings. The first-order chi connectivity index (χ1) is 8.19. The van der Waals surface area contributed by atoms with E-state index in [9.17, 15) is 4.79 Å². The summed E-state index contributed by atoms with van der Waals surface area (Å²) in [6.07, 6.45) is 1.94. The summed E-state index contributed by atoms with van der Waals surface area (Å²) >= 11 is 0. The summed E-state index contributed by atoms with van der Waals surface area (Å²) in [4.78, 5) is 14.1. The summed E-state index contributed by atoms with van der Waals surface area (Å²) in [5, 5.41) is 0. The van der Waals surface area contributed by atoms with Crippen molar-refractivity contribution in [2.45, 2.75) is 26.7 Å². The Morgan fingerprint density at radius 1 is 1.24 bits per heavy atom. The normalized spacial score (nSPS) is 10.3. The minimum absolute atomic E-state index is 0.115. The molecule has 3 nitrogen and oxygen atoms in total. The van der Waals surface area contributed by atoms with Crippen molar-refractivity contribution in [1.29, 1.82) is 0 Å². The monoisotopic (exact) mass is 234 g/mol.